The Morgan fingerprint density at radius 1 is 0.778 bits per heavy atom. The van der Waals surface area contributed by atoms with Crippen molar-refractivity contribution < 1.29 is 42.4 Å². The van der Waals surface area contributed by atoms with Crippen molar-refractivity contribution in [2.24, 2.45) is 5.92 Å². The van der Waals surface area contributed by atoms with Crippen molar-refractivity contribution in [3.63, 3.8) is 0 Å². The summed E-state index contributed by atoms with van der Waals surface area (Å²) < 4.78 is 42.4. The van der Waals surface area contributed by atoms with E-state index in [0.29, 0.717) is 52.3 Å². The molecular formula is C52H67NO9Si. The zero-order chi connectivity index (χ0) is 45.1. The summed E-state index contributed by atoms with van der Waals surface area (Å²) in [5, 5.41) is 0.0288. The zero-order valence-electron chi connectivity index (χ0n) is 38.3. The first-order valence-corrected chi connectivity index (χ1v) is 25.4. The topological polar surface area (TPSA) is 112 Å². The molecule has 0 bridgehead atoms. The van der Waals surface area contributed by atoms with E-state index in [4.69, 9.17) is 32.8 Å². The summed E-state index contributed by atoms with van der Waals surface area (Å²) in [6.45, 7) is 16.9. The van der Waals surface area contributed by atoms with Gasteiger partial charge in [-0.25, -0.2) is 0 Å². The van der Waals surface area contributed by atoms with E-state index < -0.39 is 14.6 Å². The zero-order valence-corrected chi connectivity index (χ0v) is 39.3. The molecule has 5 rings (SSSR count). The maximum atomic E-state index is 11.9. The molecule has 1 aliphatic heterocycles. The Labute approximate surface area is 376 Å². The van der Waals surface area contributed by atoms with Gasteiger partial charge in [0.15, 0.2) is 6.29 Å². The Morgan fingerprint density at radius 2 is 1.44 bits per heavy atom. The van der Waals surface area contributed by atoms with Crippen LogP contribution < -0.4 is 13.9 Å². The second-order valence-electron chi connectivity index (χ2n) is 17.1. The summed E-state index contributed by atoms with van der Waals surface area (Å²) in [6, 6.07) is 28.1. The molecule has 0 N–H and O–H groups in total. The number of carbonyl (C=O) groups is 2. The number of unbranched alkanes of at least 4 members (excludes halogenated alkanes) is 2. The average Bonchev–Trinajstić information content (AvgIpc) is 3.27. The van der Waals surface area contributed by atoms with E-state index in [9.17, 15) is 9.59 Å². The molecule has 338 valence electrons. The molecule has 0 radical (unpaired) electrons. The lowest BCUT2D eigenvalue weighted by atomic mass is 9.91. The fraction of sp³-hybridized carbons (Fsp3) is 0.442. The van der Waals surface area contributed by atoms with Crippen molar-refractivity contribution in [3.05, 3.63) is 138 Å². The minimum atomic E-state index is -2.15. The van der Waals surface area contributed by atoms with Gasteiger partial charge >= 0.3 is 11.9 Å². The number of esters is 2. The molecule has 1 aliphatic rings. The summed E-state index contributed by atoms with van der Waals surface area (Å²) in [4.78, 5) is 27.9. The van der Waals surface area contributed by atoms with Crippen molar-refractivity contribution in [1.82, 2.24) is 4.98 Å². The largest absolute Gasteiger partial charge is 0.543 e. The lowest BCUT2D eigenvalue weighted by molar-refractivity contribution is -0.244. The highest BCUT2D eigenvalue weighted by Crippen LogP contribution is 2.45. The summed E-state index contributed by atoms with van der Waals surface area (Å²) >= 11 is 0. The normalized spacial score (nSPS) is 17.0. The van der Waals surface area contributed by atoms with Gasteiger partial charge in [-0.15, -0.1) is 0 Å². The number of nitrogens with zero attached hydrogens (tertiary/aromatic N) is 1. The van der Waals surface area contributed by atoms with Crippen molar-refractivity contribution >= 4 is 25.8 Å². The van der Waals surface area contributed by atoms with Crippen LogP contribution in [0.4, 0.5) is 0 Å². The van der Waals surface area contributed by atoms with Gasteiger partial charge in [0.2, 0.25) is 8.32 Å². The molecule has 0 unspecified atom stereocenters. The van der Waals surface area contributed by atoms with E-state index in [1.54, 1.807) is 6.20 Å². The molecule has 4 aromatic rings. The first kappa shape index (κ1) is 48.8. The van der Waals surface area contributed by atoms with Gasteiger partial charge in [0.25, 0.3) is 0 Å². The Hall–Kier alpha value is -5.23. The highest BCUT2D eigenvalue weighted by Gasteiger charge is 2.41. The average molecular weight is 878 g/mol. The molecule has 1 saturated heterocycles. The quantitative estimate of drug-likeness (QED) is 0.0309. The summed E-state index contributed by atoms with van der Waals surface area (Å²) in [7, 11) is -2.15. The first-order chi connectivity index (χ1) is 30.4. The third kappa shape index (κ3) is 15.2. The highest BCUT2D eigenvalue weighted by molar-refractivity contribution is 6.74. The second-order valence-corrected chi connectivity index (χ2v) is 21.9. The van der Waals surface area contributed by atoms with Crippen LogP contribution >= 0.6 is 0 Å². The van der Waals surface area contributed by atoms with Crippen LogP contribution in [0.2, 0.25) is 18.1 Å². The third-order valence-electron chi connectivity index (χ3n) is 11.4. The van der Waals surface area contributed by atoms with E-state index in [1.165, 1.54) is 0 Å². The number of para-hydroxylation sites is 1. The number of hydrogen-bond acceptors (Lipinski definition) is 10. The molecule has 1 aromatic heterocycles. The Bertz CT molecular complexity index is 2060. The van der Waals surface area contributed by atoms with Gasteiger partial charge in [-0.2, -0.15) is 0 Å². The molecule has 3 atom stereocenters. The Morgan fingerprint density at radius 3 is 2.10 bits per heavy atom. The summed E-state index contributed by atoms with van der Waals surface area (Å²) in [6.07, 6.45) is 13.8. The van der Waals surface area contributed by atoms with Gasteiger partial charge in [-0.05, 0) is 112 Å². The fourth-order valence-electron chi connectivity index (χ4n) is 6.92. The predicted octanol–water partition coefficient (Wildman–Crippen LogP) is 12.2. The third-order valence-corrected chi connectivity index (χ3v) is 15.7. The van der Waals surface area contributed by atoms with Crippen LogP contribution in [0.5, 0.6) is 17.2 Å². The van der Waals surface area contributed by atoms with Crippen LogP contribution in [0.1, 0.15) is 114 Å². The summed E-state index contributed by atoms with van der Waals surface area (Å²) in [5.41, 5.74) is 5.10. The molecule has 0 saturated carbocycles. The summed E-state index contributed by atoms with van der Waals surface area (Å²) in [5.74, 6) is 2.03. The molecule has 0 aliphatic carbocycles. The number of aromatic nitrogens is 1. The molecule has 63 heavy (non-hydrogen) atoms. The maximum Gasteiger partial charge on any atom is 0.306 e. The minimum absolute atomic E-state index is 0.0288. The molecule has 2 heterocycles. The predicted molar refractivity (Wildman–Crippen MR) is 250 cm³/mol. The molecule has 3 aromatic carbocycles. The molecule has 0 amide bonds. The van der Waals surface area contributed by atoms with E-state index >= 15 is 0 Å². The van der Waals surface area contributed by atoms with Crippen LogP contribution in [0.15, 0.2) is 116 Å². The molecule has 1 fully saturated rings. The second kappa shape index (κ2) is 24.6. The van der Waals surface area contributed by atoms with Gasteiger partial charge in [0, 0.05) is 47.8 Å². The smallest absolute Gasteiger partial charge is 0.306 e. The number of ether oxygens (including phenoxy) is 6. The Balaban J connectivity index is 1.18. The Kier molecular flexibility index (Phi) is 19.0. The van der Waals surface area contributed by atoms with Crippen LogP contribution in [-0.2, 0) is 28.5 Å². The van der Waals surface area contributed by atoms with Crippen LogP contribution in [-0.4, -0.2) is 58.3 Å². The standard InChI is InChI=1S/C52H67NO9Si/c1-8-56-48(54)24-14-10-12-19-42-38-60-51(61-50(42)46-22-16-17-23-47(46)62-63(6,7)52(3,4)5)40-28-32-44(33-29-40)59-36-35-58-43-30-26-39(27-31-43)45(41-20-18-34-53-37-41)21-13-11-15-25-49(55)57-9-2/h10,12,16-18,20-23,26-34,37,42,50-51H,8-9,11,13-15,19,24-25,35-36,38H2,1-7H3/b12-10-,45-21+/t42-,50+,51+/m1/s1. The van der Waals surface area contributed by atoms with Gasteiger partial charge in [0.1, 0.15) is 30.5 Å². The monoisotopic (exact) mass is 877 g/mol. The van der Waals surface area contributed by atoms with Crippen molar-refractivity contribution in [3.8, 4) is 17.2 Å². The molecule has 0 spiro atoms. The fourth-order valence-corrected chi connectivity index (χ4v) is 7.97. The maximum absolute atomic E-state index is 11.9. The minimum Gasteiger partial charge on any atom is -0.543 e. The van der Waals surface area contributed by atoms with Crippen molar-refractivity contribution in [1.29, 1.82) is 0 Å². The van der Waals surface area contributed by atoms with Crippen LogP contribution in [0, 0.1) is 5.92 Å². The number of allylic oxidation sites excluding steroid dienone is 3. The van der Waals surface area contributed by atoms with E-state index in [2.05, 4.69) is 81.3 Å². The SMILES string of the molecule is CCOC(=O)CC/C=C\C[C@@H]1CO[C@H](c2ccc(OCCOc3ccc(/C(=C\CCCCC(=O)OCC)c4cccnc4)cc3)cc2)O[C@@H]1c1ccccc1O[Si](C)(C)C(C)(C)C. The van der Waals surface area contributed by atoms with Crippen LogP contribution in [0.3, 0.4) is 0 Å². The molecule has 11 heteroatoms. The molecule has 10 nitrogen and oxygen atoms in total. The van der Waals surface area contributed by atoms with Gasteiger partial charge in [0.05, 0.1) is 25.9 Å². The lowest BCUT2D eigenvalue weighted by Crippen LogP contribution is -2.44. The van der Waals surface area contributed by atoms with E-state index in [1.807, 2.05) is 80.7 Å². The number of carbonyl (C=O) groups excluding carboxylic acids is 2. The number of rotatable bonds is 23. The first-order valence-electron chi connectivity index (χ1n) is 22.5. The highest BCUT2D eigenvalue weighted by atomic mass is 28.4. The molecular weight excluding hydrogens is 811 g/mol. The number of benzene rings is 3. The number of pyridine rings is 1. The van der Waals surface area contributed by atoms with E-state index in [0.717, 1.165) is 70.8 Å². The van der Waals surface area contributed by atoms with Gasteiger partial charge < -0.3 is 32.8 Å². The van der Waals surface area contributed by atoms with Gasteiger partial charge in [-0.3, -0.25) is 14.6 Å². The van der Waals surface area contributed by atoms with Crippen LogP contribution in [0.25, 0.3) is 5.57 Å². The van der Waals surface area contributed by atoms with Crippen molar-refractivity contribution in [2.75, 3.05) is 33.0 Å². The lowest BCUT2D eigenvalue weighted by Gasteiger charge is -2.40. The van der Waals surface area contributed by atoms with Gasteiger partial charge in [-0.1, -0.05) is 87.5 Å². The van der Waals surface area contributed by atoms with E-state index in [-0.39, 0.29) is 29.0 Å². The number of hydrogen-bond donors (Lipinski definition) is 0. The van der Waals surface area contributed by atoms with Crippen molar-refractivity contribution in [2.45, 2.75) is 110 Å².